The largest absolute Gasteiger partial charge is 0.444 e. The van der Waals surface area contributed by atoms with Crippen molar-refractivity contribution in [2.24, 2.45) is 0 Å². The van der Waals surface area contributed by atoms with Crippen LogP contribution < -0.4 is 10.2 Å². The van der Waals surface area contributed by atoms with Gasteiger partial charge in [0.25, 0.3) is 0 Å². The smallest absolute Gasteiger partial charge is 0.417 e. The molecule has 1 unspecified atom stereocenters. The van der Waals surface area contributed by atoms with Crippen molar-refractivity contribution in [2.45, 2.75) is 71.4 Å². The SMILES string of the molecule is CN(c1ncnc2c(F)c(-c3ccc(F)c4sc(NC(=O)OC(C)(C)C)c(C#N)c34)c(C(F)(F)F)cc12)C1CCN(C(=O)OC(C)(C)C)C1. The number of alkyl halides is 3. The van der Waals surface area contributed by atoms with E-state index >= 15 is 8.78 Å². The third-order valence-electron chi connectivity index (χ3n) is 7.64. The number of anilines is 2. The average molecular weight is 705 g/mol. The van der Waals surface area contributed by atoms with E-state index in [1.807, 2.05) is 6.07 Å². The molecule has 5 rings (SSSR count). The van der Waals surface area contributed by atoms with E-state index in [2.05, 4.69) is 15.3 Å². The van der Waals surface area contributed by atoms with Gasteiger partial charge >= 0.3 is 18.4 Å². The fourth-order valence-corrected chi connectivity index (χ4v) is 6.68. The van der Waals surface area contributed by atoms with E-state index in [4.69, 9.17) is 9.47 Å². The summed E-state index contributed by atoms with van der Waals surface area (Å²) in [6, 6.07) is 3.98. The normalized spacial score (nSPS) is 15.4. The highest BCUT2D eigenvalue weighted by molar-refractivity contribution is 7.23. The predicted molar refractivity (Wildman–Crippen MR) is 174 cm³/mol. The predicted octanol–water partition coefficient (Wildman–Crippen LogP) is 8.47. The van der Waals surface area contributed by atoms with Crippen LogP contribution in [0.2, 0.25) is 0 Å². The van der Waals surface area contributed by atoms with E-state index in [0.29, 0.717) is 24.3 Å². The number of likely N-dealkylation sites (tertiary alicyclic amines) is 1. The van der Waals surface area contributed by atoms with Crippen LogP contribution in [0.15, 0.2) is 24.5 Å². The molecule has 2 aromatic heterocycles. The second-order valence-corrected chi connectivity index (χ2v) is 14.5. The van der Waals surface area contributed by atoms with E-state index in [1.165, 1.54) is 4.90 Å². The molecular formula is C33H33F5N6O4S. The number of nitrogens with one attached hydrogen (secondary N) is 1. The van der Waals surface area contributed by atoms with Crippen LogP contribution in [0.4, 0.5) is 42.4 Å². The van der Waals surface area contributed by atoms with Crippen molar-refractivity contribution in [1.29, 1.82) is 5.26 Å². The second kappa shape index (κ2) is 12.6. The molecule has 1 saturated heterocycles. The van der Waals surface area contributed by atoms with Crippen molar-refractivity contribution in [3.63, 3.8) is 0 Å². The minimum atomic E-state index is -5.13. The van der Waals surface area contributed by atoms with Gasteiger partial charge in [0.05, 0.1) is 15.8 Å². The molecule has 2 amide bonds. The number of thiophene rings is 1. The number of ether oxygens (including phenoxy) is 2. The zero-order valence-electron chi connectivity index (χ0n) is 27.7. The van der Waals surface area contributed by atoms with Crippen molar-refractivity contribution < 1.29 is 41.0 Å². The molecule has 0 saturated carbocycles. The molecule has 4 aromatic rings. The van der Waals surface area contributed by atoms with Gasteiger partial charge in [0, 0.05) is 42.5 Å². The van der Waals surface area contributed by atoms with E-state index in [0.717, 1.165) is 24.5 Å². The number of carbonyl (C=O) groups excluding carboxylic acids is 2. The van der Waals surface area contributed by atoms with E-state index in [1.54, 1.807) is 53.5 Å². The number of nitrogens with zero attached hydrogens (tertiary/aromatic N) is 5. The molecule has 1 fully saturated rings. The maximum absolute atomic E-state index is 16.6. The van der Waals surface area contributed by atoms with E-state index in [-0.39, 0.29) is 44.4 Å². The molecule has 0 radical (unpaired) electrons. The molecule has 49 heavy (non-hydrogen) atoms. The fraction of sp³-hybridized carbons (Fsp3) is 0.424. The lowest BCUT2D eigenvalue weighted by Gasteiger charge is -2.28. The summed E-state index contributed by atoms with van der Waals surface area (Å²) in [6.45, 7) is 10.5. The number of hydrogen-bond acceptors (Lipinski definition) is 9. The van der Waals surface area contributed by atoms with Crippen LogP contribution in [0.3, 0.4) is 0 Å². The number of nitriles is 1. The molecule has 2 aromatic carbocycles. The summed E-state index contributed by atoms with van der Waals surface area (Å²) in [5, 5.41) is 11.7. The van der Waals surface area contributed by atoms with Gasteiger partial charge in [-0.25, -0.2) is 28.3 Å². The van der Waals surface area contributed by atoms with Gasteiger partial charge in [-0.2, -0.15) is 18.4 Å². The van der Waals surface area contributed by atoms with Crippen LogP contribution in [0.5, 0.6) is 0 Å². The fourth-order valence-electron chi connectivity index (χ4n) is 5.61. The van der Waals surface area contributed by atoms with Gasteiger partial charge in [-0.1, -0.05) is 6.07 Å². The van der Waals surface area contributed by atoms with Gasteiger partial charge < -0.3 is 19.3 Å². The first kappa shape index (κ1) is 35.5. The molecule has 0 aliphatic carbocycles. The van der Waals surface area contributed by atoms with Crippen LogP contribution in [0.25, 0.3) is 32.1 Å². The monoisotopic (exact) mass is 704 g/mol. The molecule has 1 atom stereocenters. The molecule has 3 heterocycles. The topological polar surface area (TPSA) is 121 Å². The average Bonchev–Trinajstić information content (AvgIpc) is 3.61. The molecule has 1 aliphatic rings. The zero-order chi connectivity index (χ0) is 36.2. The molecule has 0 bridgehead atoms. The van der Waals surface area contributed by atoms with Crippen LogP contribution in [0.1, 0.15) is 59.1 Å². The zero-order valence-corrected chi connectivity index (χ0v) is 28.5. The number of benzene rings is 2. The van der Waals surface area contributed by atoms with Gasteiger partial charge in [-0.15, -0.1) is 11.3 Å². The van der Waals surface area contributed by atoms with Gasteiger partial charge in [0.15, 0.2) is 5.82 Å². The molecule has 0 spiro atoms. The van der Waals surface area contributed by atoms with Crippen LogP contribution in [-0.2, 0) is 15.7 Å². The Balaban J connectivity index is 1.65. The number of amides is 2. The number of halogens is 5. The maximum Gasteiger partial charge on any atom is 0.417 e. The highest BCUT2D eigenvalue weighted by atomic mass is 32.1. The summed E-state index contributed by atoms with van der Waals surface area (Å²) in [6.07, 6.45) is -5.18. The molecule has 1 aliphatic heterocycles. The Morgan fingerprint density at radius 1 is 1.08 bits per heavy atom. The molecule has 260 valence electrons. The van der Waals surface area contributed by atoms with Crippen molar-refractivity contribution in [2.75, 3.05) is 30.4 Å². The summed E-state index contributed by atoms with van der Waals surface area (Å²) in [5.74, 6) is -2.26. The maximum atomic E-state index is 16.6. The van der Waals surface area contributed by atoms with Gasteiger partial charge in [-0.3, -0.25) is 5.32 Å². The minimum absolute atomic E-state index is 0.00154. The first-order valence-corrected chi connectivity index (χ1v) is 15.9. The van der Waals surface area contributed by atoms with E-state index in [9.17, 15) is 28.0 Å². The second-order valence-electron chi connectivity index (χ2n) is 13.5. The summed E-state index contributed by atoms with van der Waals surface area (Å²) in [5.41, 5.74) is -5.25. The Morgan fingerprint density at radius 3 is 2.37 bits per heavy atom. The van der Waals surface area contributed by atoms with Gasteiger partial charge in [0.2, 0.25) is 0 Å². The Labute approximate surface area is 282 Å². The molecule has 16 heteroatoms. The third-order valence-corrected chi connectivity index (χ3v) is 8.75. The number of aromatic nitrogens is 2. The van der Waals surface area contributed by atoms with Crippen LogP contribution in [-0.4, -0.2) is 64.4 Å². The molecule has 1 N–H and O–H groups in total. The number of rotatable bonds is 4. The first-order valence-electron chi connectivity index (χ1n) is 15.1. The van der Waals surface area contributed by atoms with E-state index < -0.39 is 63.4 Å². The Hall–Kier alpha value is -4.78. The summed E-state index contributed by atoms with van der Waals surface area (Å²) >= 11 is 0.604. The number of likely N-dealkylation sites (N-methyl/N-ethyl adjacent to an activating group) is 1. The highest BCUT2D eigenvalue weighted by Crippen LogP contribution is 2.48. The summed E-state index contributed by atoms with van der Waals surface area (Å²) in [4.78, 5) is 36.4. The number of fused-ring (bicyclic) bond motifs is 2. The van der Waals surface area contributed by atoms with Crippen molar-refractivity contribution >= 4 is 55.3 Å². The van der Waals surface area contributed by atoms with Gasteiger partial charge in [-0.05, 0) is 65.7 Å². The van der Waals surface area contributed by atoms with Crippen LogP contribution >= 0.6 is 11.3 Å². The first-order chi connectivity index (χ1) is 22.7. The van der Waals surface area contributed by atoms with Crippen LogP contribution in [0, 0.1) is 23.0 Å². The Morgan fingerprint density at radius 2 is 1.76 bits per heavy atom. The summed E-state index contributed by atoms with van der Waals surface area (Å²) in [7, 11) is 1.58. The standard InChI is InChI=1S/C33H33F5N6O4S/c1-31(2,3)47-29(45)42-28-19(13-39)22-17(8-9-21(34)26(22)49-28)23-20(33(36,37)38)12-18-25(24(23)35)40-15-41-27(18)43(7)16-10-11-44(14-16)30(46)48-32(4,5)6/h8-9,12,15-16H,10-11,14H2,1-7H3,(H,42,45). The lowest BCUT2D eigenvalue weighted by Crippen LogP contribution is -2.39. The number of carbonyl (C=O) groups is 2. The quantitative estimate of drug-likeness (QED) is 0.210. The van der Waals surface area contributed by atoms with Gasteiger partial charge in [0.1, 0.15) is 45.8 Å². The summed E-state index contributed by atoms with van der Waals surface area (Å²) < 4.78 is 86.7. The lowest BCUT2D eigenvalue weighted by molar-refractivity contribution is -0.137. The lowest BCUT2D eigenvalue weighted by atomic mass is 9.92. The molecular weight excluding hydrogens is 671 g/mol. The highest BCUT2D eigenvalue weighted by Gasteiger charge is 2.39. The number of hydrogen-bond donors (Lipinski definition) is 1. The Kier molecular flexibility index (Phi) is 9.13. The Bertz CT molecular complexity index is 2010. The van der Waals surface area contributed by atoms with Crippen molar-refractivity contribution in [3.8, 4) is 17.2 Å². The molecule has 10 nitrogen and oxygen atoms in total. The third kappa shape index (κ3) is 7.17. The minimum Gasteiger partial charge on any atom is -0.444 e. The van der Waals surface area contributed by atoms with Crippen molar-refractivity contribution in [1.82, 2.24) is 14.9 Å². The van der Waals surface area contributed by atoms with Crippen molar-refractivity contribution in [3.05, 3.63) is 47.3 Å².